The Kier molecular flexibility index (Phi) is 3.89. The number of ketones is 1. The van der Waals surface area contributed by atoms with Crippen molar-refractivity contribution in [1.82, 2.24) is 4.57 Å². The minimum atomic E-state index is -4.51. The highest BCUT2D eigenvalue weighted by Gasteiger charge is 2.37. The maximum Gasteiger partial charge on any atom is 0.416 e. The Bertz CT molecular complexity index is 933. The second-order valence-corrected chi connectivity index (χ2v) is 6.81. The molecule has 1 saturated carbocycles. The lowest BCUT2D eigenvalue weighted by Crippen LogP contribution is -2.29. The SMILES string of the molecule is O=C(c1cccc(C(F)(F)F)c1)c1ccc(=O)n2c1N[C@@H]1CCCC[C@@H]12. The van der Waals surface area contributed by atoms with E-state index in [2.05, 4.69) is 5.32 Å². The standard InChI is InChI=1S/C19H17F3N2O2/c20-19(21,22)12-5-3-4-11(10-12)17(26)13-8-9-16(25)24-15-7-2-1-6-14(15)23-18(13)24/h3-5,8-10,14-15,23H,1-2,6-7H2/t14-,15+/m1/s1. The molecule has 1 fully saturated rings. The number of aromatic nitrogens is 1. The molecule has 2 heterocycles. The van der Waals surface area contributed by atoms with Gasteiger partial charge in [-0.25, -0.2) is 0 Å². The van der Waals surface area contributed by atoms with Crippen LogP contribution in [0.4, 0.5) is 19.0 Å². The zero-order valence-electron chi connectivity index (χ0n) is 13.8. The van der Waals surface area contributed by atoms with Crippen LogP contribution in [-0.4, -0.2) is 16.4 Å². The molecule has 0 saturated heterocycles. The molecule has 0 radical (unpaired) electrons. The van der Waals surface area contributed by atoms with E-state index in [1.807, 2.05) is 0 Å². The lowest BCUT2D eigenvalue weighted by Gasteiger charge is -2.25. The van der Waals surface area contributed by atoms with E-state index < -0.39 is 17.5 Å². The Morgan fingerprint density at radius 3 is 2.65 bits per heavy atom. The second-order valence-electron chi connectivity index (χ2n) is 6.81. The number of alkyl halides is 3. The van der Waals surface area contributed by atoms with Crippen LogP contribution in [-0.2, 0) is 6.18 Å². The maximum absolute atomic E-state index is 12.9. The Morgan fingerprint density at radius 1 is 1.12 bits per heavy atom. The number of carbonyl (C=O) groups is 1. The van der Waals surface area contributed by atoms with Gasteiger partial charge in [-0.05, 0) is 31.0 Å². The third-order valence-electron chi connectivity index (χ3n) is 5.21. The molecule has 1 aliphatic carbocycles. The van der Waals surface area contributed by atoms with Crippen molar-refractivity contribution in [3.8, 4) is 0 Å². The van der Waals surface area contributed by atoms with Crippen molar-refractivity contribution in [3.63, 3.8) is 0 Å². The van der Waals surface area contributed by atoms with E-state index in [0.29, 0.717) is 5.82 Å². The summed E-state index contributed by atoms with van der Waals surface area (Å²) in [6.07, 6.45) is -0.692. The van der Waals surface area contributed by atoms with Crippen molar-refractivity contribution < 1.29 is 18.0 Å². The lowest BCUT2D eigenvalue weighted by molar-refractivity contribution is -0.137. The smallest absolute Gasteiger partial charge is 0.366 e. The number of anilines is 1. The van der Waals surface area contributed by atoms with Crippen molar-refractivity contribution in [2.75, 3.05) is 5.32 Å². The van der Waals surface area contributed by atoms with E-state index >= 15 is 0 Å². The van der Waals surface area contributed by atoms with Crippen LogP contribution in [0.3, 0.4) is 0 Å². The van der Waals surface area contributed by atoms with Crippen molar-refractivity contribution in [3.05, 3.63) is 63.4 Å². The molecule has 26 heavy (non-hydrogen) atoms. The highest BCUT2D eigenvalue weighted by atomic mass is 19.4. The molecule has 7 heteroatoms. The molecule has 1 aromatic heterocycles. The third kappa shape index (κ3) is 2.71. The van der Waals surface area contributed by atoms with E-state index in [1.165, 1.54) is 24.3 Å². The summed E-state index contributed by atoms with van der Waals surface area (Å²) < 4.78 is 40.4. The van der Waals surface area contributed by atoms with Crippen LogP contribution in [0.25, 0.3) is 0 Å². The molecule has 1 aromatic carbocycles. The van der Waals surface area contributed by atoms with Gasteiger partial charge in [0.15, 0.2) is 5.78 Å². The molecule has 2 aliphatic rings. The molecule has 136 valence electrons. The van der Waals surface area contributed by atoms with Gasteiger partial charge >= 0.3 is 6.18 Å². The number of hydrogen-bond donors (Lipinski definition) is 1. The first-order valence-electron chi connectivity index (χ1n) is 8.60. The molecule has 4 nitrogen and oxygen atoms in total. The number of rotatable bonds is 2. The van der Waals surface area contributed by atoms with Gasteiger partial charge in [0.05, 0.1) is 17.2 Å². The first kappa shape index (κ1) is 16.9. The van der Waals surface area contributed by atoms with E-state index in [0.717, 1.165) is 37.8 Å². The molecular formula is C19H17F3N2O2. The van der Waals surface area contributed by atoms with Crippen molar-refractivity contribution in [2.45, 2.75) is 43.9 Å². The van der Waals surface area contributed by atoms with E-state index in [-0.39, 0.29) is 28.8 Å². The van der Waals surface area contributed by atoms with Gasteiger partial charge in [0, 0.05) is 17.7 Å². The normalized spacial score (nSPS) is 21.7. The number of carbonyl (C=O) groups excluding carboxylic acids is 1. The lowest BCUT2D eigenvalue weighted by atomic mass is 9.91. The van der Waals surface area contributed by atoms with Gasteiger partial charge in [-0.15, -0.1) is 0 Å². The van der Waals surface area contributed by atoms with Gasteiger partial charge in [0.2, 0.25) is 0 Å². The van der Waals surface area contributed by atoms with Gasteiger partial charge in [-0.2, -0.15) is 13.2 Å². The summed E-state index contributed by atoms with van der Waals surface area (Å²) in [4.78, 5) is 25.2. The van der Waals surface area contributed by atoms with Crippen LogP contribution in [0, 0.1) is 0 Å². The fourth-order valence-electron chi connectivity index (χ4n) is 3.97. The molecule has 1 N–H and O–H groups in total. The quantitative estimate of drug-likeness (QED) is 0.822. The Morgan fingerprint density at radius 2 is 1.88 bits per heavy atom. The monoisotopic (exact) mass is 362 g/mol. The topological polar surface area (TPSA) is 51.1 Å². The molecule has 2 atom stereocenters. The third-order valence-corrected chi connectivity index (χ3v) is 5.21. The highest BCUT2D eigenvalue weighted by Crippen LogP contribution is 2.39. The first-order valence-corrected chi connectivity index (χ1v) is 8.60. The van der Waals surface area contributed by atoms with E-state index in [1.54, 1.807) is 4.57 Å². The summed E-state index contributed by atoms with van der Waals surface area (Å²) in [5, 5.41) is 3.26. The van der Waals surface area contributed by atoms with Crippen molar-refractivity contribution >= 4 is 11.6 Å². The number of hydrogen-bond acceptors (Lipinski definition) is 3. The van der Waals surface area contributed by atoms with Crippen LogP contribution in [0.1, 0.15) is 53.2 Å². The number of nitrogens with zero attached hydrogens (tertiary/aromatic N) is 1. The van der Waals surface area contributed by atoms with E-state index in [4.69, 9.17) is 0 Å². The Hall–Kier alpha value is -2.57. The largest absolute Gasteiger partial charge is 0.416 e. The van der Waals surface area contributed by atoms with Crippen LogP contribution in [0.15, 0.2) is 41.2 Å². The van der Waals surface area contributed by atoms with Gasteiger partial charge in [-0.1, -0.05) is 25.0 Å². The Labute approximate surface area is 147 Å². The summed E-state index contributed by atoms with van der Waals surface area (Å²) in [5.74, 6) is -0.0946. The molecule has 0 bridgehead atoms. The van der Waals surface area contributed by atoms with Crippen LogP contribution in [0.5, 0.6) is 0 Å². The maximum atomic E-state index is 12.9. The van der Waals surface area contributed by atoms with Crippen molar-refractivity contribution in [2.24, 2.45) is 0 Å². The average molecular weight is 362 g/mol. The second kappa shape index (κ2) is 6.00. The Balaban J connectivity index is 1.77. The van der Waals surface area contributed by atoms with Gasteiger partial charge in [-0.3, -0.25) is 14.2 Å². The first-order chi connectivity index (χ1) is 12.4. The molecular weight excluding hydrogens is 345 g/mol. The van der Waals surface area contributed by atoms with Gasteiger partial charge in [0.25, 0.3) is 5.56 Å². The average Bonchev–Trinajstić information content (AvgIpc) is 3.01. The summed E-state index contributed by atoms with van der Waals surface area (Å²) in [6.45, 7) is 0. The molecule has 1 aliphatic heterocycles. The number of nitrogens with one attached hydrogen (secondary N) is 1. The zero-order chi connectivity index (χ0) is 18.5. The molecule has 2 aromatic rings. The van der Waals surface area contributed by atoms with Gasteiger partial charge in [0.1, 0.15) is 5.82 Å². The summed E-state index contributed by atoms with van der Waals surface area (Å²) in [5.41, 5.74) is -0.867. The number of benzene rings is 1. The predicted octanol–water partition coefficient (Wildman–Crippen LogP) is 4.01. The zero-order valence-corrected chi connectivity index (χ0v) is 13.8. The van der Waals surface area contributed by atoms with Crippen molar-refractivity contribution in [1.29, 1.82) is 0 Å². The molecule has 0 amide bonds. The predicted molar refractivity (Wildman–Crippen MR) is 90.5 cm³/mol. The van der Waals surface area contributed by atoms with E-state index in [9.17, 15) is 22.8 Å². The number of halogens is 3. The summed E-state index contributed by atoms with van der Waals surface area (Å²) in [6, 6.07) is 7.19. The fraction of sp³-hybridized carbons (Fsp3) is 0.368. The highest BCUT2D eigenvalue weighted by molar-refractivity contribution is 6.12. The number of fused-ring (bicyclic) bond motifs is 3. The minimum absolute atomic E-state index is 0.000472. The van der Waals surface area contributed by atoms with Gasteiger partial charge < -0.3 is 5.32 Å². The fourth-order valence-corrected chi connectivity index (χ4v) is 3.97. The number of pyridine rings is 1. The molecule has 4 rings (SSSR count). The molecule has 0 unspecified atom stereocenters. The summed E-state index contributed by atoms with van der Waals surface area (Å²) >= 11 is 0. The van der Waals surface area contributed by atoms with Crippen LogP contribution >= 0.6 is 0 Å². The molecule has 0 spiro atoms. The van der Waals surface area contributed by atoms with Crippen LogP contribution < -0.4 is 10.9 Å². The summed E-state index contributed by atoms with van der Waals surface area (Å²) in [7, 11) is 0. The van der Waals surface area contributed by atoms with Crippen LogP contribution in [0.2, 0.25) is 0 Å². The minimum Gasteiger partial charge on any atom is -0.366 e.